The summed E-state index contributed by atoms with van der Waals surface area (Å²) >= 11 is 0. The van der Waals surface area contributed by atoms with Gasteiger partial charge in [0.1, 0.15) is 17.2 Å². The smallest absolute Gasteiger partial charge is 0.277 e. The standard InChI is InChI=1S/C25H27N3O4/c1-30-23-15-21(28-12-5-6-13-28)24(31-2)14-19(23)16-26-27-25(29)17-32-22-11-7-9-18-8-3-4-10-20(18)22/h3-4,7-11,14-16H,5-6,12-13,17H2,1-2H3,(H,27,29)/b26-16+. The number of carbonyl (C=O) groups is 1. The SMILES string of the molecule is COc1cc(N2CCCC2)c(OC)cc1/C=N/NC(=O)COc1cccc2ccccc12. The largest absolute Gasteiger partial charge is 0.496 e. The van der Waals surface area contributed by atoms with Crippen molar-refractivity contribution in [1.82, 2.24) is 5.43 Å². The summed E-state index contributed by atoms with van der Waals surface area (Å²) in [4.78, 5) is 14.5. The number of hydrogen-bond acceptors (Lipinski definition) is 6. The molecular formula is C25H27N3O4. The Morgan fingerprint density at radius 1 is 1.00 bits per heavy atom. The number of nitrogens with one attached hydrogen (secondary N) is 1. The fourth-order valence-electron chi connectivity index (χ4n) is 3.88. The zero-order chi connectivity index (χ0) is 22.3. The number of rotatable bonds is 8. The van der Waals surface area contributed by atoms with Crippen LogP contribution in [0.4, 0.5) is 5.69 Å². The first kappa shape index (κ1) is 21.5. The van der Waals surface area contributed by atoms with Gasteiger partial charge in [0.15, 0.2) is 6.61 Å². The monoisotopic (exact) mass is 433 g/mol. The third-order valence-corrected chi connectivity index (χ3v) is 5.48. The van der Waals surface area contributed by atoms with Crippen molar-refractivity contribution in [3.05, 3.63) is 60.2 Å². The fraction of sp³-hybridized carbons (Fsp3) is 0.280. The third kappa shape index (κ3) is 4.77. The molecule has 7 heteroatoms. The molecule has 4 rings (SSSR count). The van der Waals surface area contributed by atoms with E-state index in [-0.39, 0.29) is 12.5 Å². The van der Waals surface area contributed by atoms with E-state index in [1.54, 1.807) is 20.4 Å². The molecule has 32 heavy (non-hydrogen) atoms. The van der Waals surface area contributed by atoms with Crippen molar-refractivity contribution in [2.75, 3.05) is 38.8 Å². The highest BCUT2D eigenvalue weighted by molar-refractivity contribution is 5.89. The van der Waals surface area contributed by atoms with Crippen molar-refractivity contribution in [1.29, 1.82) is 0 Å². The normalized spacial score (nSPS) is 13.5. The zero-order valence-corrected chi connectivity index (χ0v) is 18.3. The summed E-state index contributed by atoms with van der Waals surface area (Å²) in [6, 6.07) is 17.5. The highest BCUT2D eigenvalue weighted by Gasteiger charge is 2.19. The number of benzene rings is 3. The quantitative estimate of drug-likeness (QED) is 0.430. The van der Waals surface area contributed by atoms with Gasteiger partial charge in [-0.25, -0.2) is 5.43 Å². The second-order valence-electron chi connectivity index (χ2n) is 7.52. The van der Waals surface area contributed by atoms with Gasteiger partial charge in [-0.3, -0.25) is 4.79 Å². The summed E-state index contributed by atoms with van der Waals surface area (Å²) in [6.45, 7) is 1.86. The lowest BCUT2D eigenvalue weighted by molar-refractivity contribution is -0.123. The Hall–Kier alpha value is -3.74. The Bertz CT molecular complexity index is 1120. The van der Waals surface area contributed by atoms with E-state index in [0.717, 1.165) is 35.3 Å². The van der Waals surface area contributed by atoms with Crippen LogP contribution in [0.5, 0.6) is 17.2 Å². The van der Waals surface area contributed by atoms with Crippen LogP contribution in [0, 0.1) is 0 Å². The third-order valence-electron chi connectivity index (χ3n) is 5.48. The molecule has 3 aromatic rings. The van der Waals surface area contributed by atoms with Crippen LogP contribution < -0.4 is 24.5 Å². The predicted molar refractivity (Wildman–Crippen MR) is 126 cm³/mol. The highest BCUT2D eigenvalue weighted by Crippen LogP contribution is 2.36. The number of amides is 1. The van der Waals surface area contributed by atoms with Crippen molar-refractivity contribution in [2.24, 2.45) is 5.10 Å². The first-order valence-corrected chi connectivity index (χ1v) is 10.6. The summed E-state index contributed by atoms with van der Waals surface area (Å²) in [6.07, 6.45) is 3.88. The van der Waals surface area contributed by atoms with Crippen molar-refractivity contribution < 1.29 is 19.0 Å². The predicted octanol–water partition coefficient (Wildman–Crippen LogP) is 3.99. The second kappa shape index (κ2) is 10.0. The second-order valence-corrected chi connectivity index (χ2v) is 7.52. The number of ether oxygens (including phenoxy) is 3. The Morgan fingerprint density at radius 3 is 2.53 bits per heavy atom. The Balaban J connectivity index is 1.41. The van der Waals surface area contributed by atoms with Crippen LogP contribution in [0.15, 0.2) is 59.7 Å². The van der Waals surface area contributed by atoms with Crippen LogP contribution in [0.25, 0.3) is 10.8 Å². The topological polar surface area (TPSA) is 72.4 Å². The van der Waals surface area contributed by atoms with E-state index in [9.17, 15) is 4.79 Å². The molecule has 0 spiro atoms. The van der Waals surface area contributed by atoms with Gasteiger partial charge in [0.05, 0.1) is 26.1 Å². The van der Waals surface area contributed by atoms with Gasteiger partial charge >= 0.3 is 0 Å². The summed E-state index contributed by atoms with van der Waals surface area (Å²) in [5, 5.41) is 6.09. The molecule has 1 heterocycles. The molecule has 0 bridgehead atoms. The van der Waals surface area contributed by atoms with E-state index in [1.807, 2.05) is 54.6 Å². The molecular weight excluding hydrogens is 406 g/mol. The van der Waals surface area contributed by atoms with Crippen molar-refractivity contribution in [3.63, 3.8) is 0 Å². The van der Waals surface area contributed by atoms with E-state index in [2.05, 4.69) is 15.4 Å². The Morgan fingerprint density at radius 2 is 1.75 bits per heavy atom. The molecule has 1 N–H and O–H groups in total. The first-order chi connectivity index (χ1) is 15.7. The van der Waals surface area contributed by atoms with Gasteiger partial charge in [-0.1, -0.05) is 36.4 Å². The number of carbonyl (C=O) groups excluding carboxylic acids is 1. The van der Waals surface area contributed by atoms with E-state index in [4.69, 9.17) is 14.2 Å². The number of hydrogen-bond donors (Lipinski definition) is 1. The molecule has 0 aromatic heterocycles. The molecule has 0 atom stereocenters. The maximum atomic E-state index is 12.2. The summed E-state index contributed by atoms with van der Waals surface area (Å²) < 4.78 is 16.8. The maximum absolute atomic E-state index is 12.2. The minimum Gasteiger partial charge on any atom is -0.496 e. The number of anilines is 1. The van der Waals surface area contributed by atoms with Gasteiger partial charge in [0.2, 0.25) is 0 Å². The molecule has 1 aliphatic heterocycles. The molecule has 1 amide bonds. The maximum Gasteiger partial charge on any atom is 0.277 e. The van der Waals surface area contributed by atoms with Gasteiger partial charge in [0.25, 0.3) is 5.91 Å². The van der Waals surface area contributed by atoms with E-state index in [0.29, 0.717) is 17.1 Å². The van der Waals surface area contributed by atoms with Gasteiger partial charge in [0, 0.05) is 30.1 Å². The molecule has 7 nitrogen and oxygen atoms in total. The Kier molecular flexibility index (Phi) is 6.75. The van der Waals surface area contributed by atoms with Crippen molar-refractivity contribution >= 4 is 28.6 Å². The van der Waals surface area contributed by atoms with Gasteiger partial charge in [-0.15, -0.1) is 0 Å². The number of fused-ring (bicyclic) bond motifs is 1. The minimum atomic E-state index is -0.353. The highest BCUT2D eigenvalue weighted by atomic mass is 16.5. The van der Waals surface area contributed by atoms with E-state index in [1.165, 1.54) is 12.8 Å². The molecule has 0 saturated carbocycles. The lowest BCUT2D eigenvalue weighted by Gasteiger charge is -2.22. The van der Waals surface area contributed by atoms with Crippen LogP contribution in [-0.4, -0.2) is 46.0 Å². The van der Waals surface area contributed by atoms with Crippen LogP contribution in [0.2, 0.25) is 0 Å². The van der Waals surface area contributed by atoms with Gasteiger partial charge in [-0.05, 0) is 30.4 Å². The lowest BCUT2D eigenvalue weighted by Crippen LogP contribution is -2.24. The van der Waals surface area contributed by atoms with Gasteiger partial charge < -0.3 is 19.1 Å². The van der Waals surface area contributed by atoms with Gasteiger partial charge in [-0.2, -0.15) is 5.10 Å². The summed E-state index contributed by atoms with van der Waals surface area (Å²) in [5.41, 5.74) is 4.22. The fourth-order valence-corrected chi connectivity index (χ4v) is 3.88. The van der Waals surface area contributed by atoms with E-state index >= 15 is 0 Å². The van der Waals surface area contributed by atoms with Crippen LogP contribution in [0.1, 0.15) is 18.4 Å². The average Bonchev–Trinajstić information content (AvgIpc) is 3.37. The number of methoxy groups -OCH3 is 2. The van der Waals surface area contributed by atoms with E-state index < -0.39 is 0 Å². The summed E-state index contributed by atoms with van der Waals surface area (Å²) in [5.74, 6) is 1.72. The van der Waals surface area contributed by atoms with Crippen LogP contribution in [0.3, 0.4) is 0 Å². The number of hydrazone groups is 1. The molecule has 1 saturated heterocycles. The number of nitrogens with zero attached hydrogens (tertiary/aromatic N) is 2. The molecule has 0 radical (unpaired) electrons. The lowest BCUT2D eigenvalue weighted by atomic mass is 10.1. The first-order valence-electron chi connectivity index (χ1n) is 10.6. The zero-order valence-electron chi connectivity index (χ0n) is 18.3. The summed E-state index contributed by atoms with van der Waals surface area (Å²) in [7, 11) is 3.26. The molecule has 166 valence electrons. The van der Waals surface area contributed by atoms with Crippen molar-refractivity contribution in [3.8, 4) is 17.2 Å². The Labute approximate surface area is 187 Å². The molecule has 1 aliphatic rings. The molecule has 0 unspecified atom stereocenters. The molecule has 0 aliphatic carbocycles. The van der Waals surface area contributed by atoms with Crippen molar-refractivity contribution in [2.45, 2.75) is 12.8 Å². The average molecular weight is 434 g/mol. The van der Waals surface area contributed by atoms with Crippen LogP contribution >= 0.6 is 0 Å². The molecule has 3 aromatic carbocycles. The minimum absolute atomic E-state index is 0.139. The van der Waals surface area contributed by atoms with Crippen LogP contribution in [-0.2, 0) is 4.79 Å². The molecule has 1 fully saturated rings.